The number of nitrogens with zero attached hydrogens (tertiary/aromatic N) is 6. The molecule has 1 aromatic carbocycles. The Morgan fingerprint density at radius 2 is 1.74 bits per heavy atom. The van der Waals surface area contributed by atoms with Crippen LogP contribution in [0.4, 0.5) is 26.2 Å². The van der Waals surface area contributed by atoms with Crippen molar-refractivity contribution in [2.24, 2.45) is 13.0 Å². The van der Waals surface area contributed by atoms with Gasteiger partial charge in [0, 0.05) is 57.3 Å². The predicted molar refractivity (Wildman–Crippen MR) is 142 cm³/mol. The number of piperazine rings is 1. The summed E-state index contributed by atoms with van der Waals surface area (Å²) in [7, 11) is -1.19. The summed E-state index contributed by atoms with van der Waals surface area (Å²) in [6, 6.07) is 8.57. The van der Waals surface area contributed by atoms with Crippen LogP contribution in [0, 0.1) is 12.8 Å². The fraction of sp³-hybridized carbons (Fsp3) is 0.462. The van der Waals surface area contributed by atoms with Crippen LogP contribution in [0.5, 0.6) is 0 Å². The second kappa shape index (κ2) is 10.2. The molecule has 6 rings (SSSR count). The van der Waals surface area contributed by atoms with Crippen LogP contribution in [-0.4, -0.2) is 76.3 Å². The third kappa shape index (κ3) is 6.02. The lowest BCUT2D eigenvalue weighted by Gasteiger charge is -2.41. The molecule has 2 bridgehead atoms. The third-order valence-corrected chi connectivity index (χ3v) is 8.36. The van der Waals surface area contributed by atoms with E-state index in [0.29, 0.717) is 23.9 Å². The van der Waals surface area contributed by atoms with E-state index < -0.39 is 21.7 Å². The van der Waals surface area contributed by atoms with Crippen LogP contribution < -0.4 is 10.2 Å². The topological polar surface area (TPSA) is 113 Å². The Morgan fingerprint density at radius 3 is 2.28 bits per heavy atom. The second-order valence-corrected chi connectivity index (χ2v) is 12.4. The molecule has 13 heteroatoms. The molecule has 3 atom stereocenters. The molecule has 2 aliphatic heterocycles. The van der Waals surface area contributed by atoms with E-state index in [1.54, 1.807) is 46.2 Å². The third-order valence-electron chi connectivity index (χ3n) is 7.24. The Morgan fingerprint density at radius 1 is 1.10 bits per heavy atom. The van der Waals surface area contributed by atoms with Crippen molar-refractivity contribution in [2.45, 2.75) is 49.1 Å². The summed E-state index contributed by atoms with van der Waals surface area (Å²) in [5.74, 6) is -3.07. The first-order valence-electron chi connectivity index (χ1n) is 12.7. The smallest absolute Gasteiger partial charge is 0.260 e. The monoisotopic (exact) mass is 559 g/mol. The lowest BCUT2D eigenvalue weighted by molar-refractivity contribution is -0.138. The molecule has 1 N–H and O–H groups in total. The zero-order valence-electron chi connectivity index (χ0n) is 22.0. The summed E-state index contributed by atoms with van der Waals surface area (Å²) in [4.78, 5) is 25.6. The maximum atomic E-state index is 13.4. The van der Waals surface area contributed by atoms with E-state index in [9.17, 15) is 22.0 Å². The molecule has 39 heavy (non-hydrogen) atoms. The molecular weight excluding hydrogens is 528 g/mol. The lowest BCUT2D eigenvalue weighted by atomic mass is 10.1. The highest BCUT2D eigenvalue weighted by atomic mass is 32.2. The van der Waals surface area contributed by atoms with Gasteiger partial charge in [0.2, 0.25) is 11.9 Å². The van der Waals surface area contributed by atoms with Gasteiger partial charge in [-0.25, -0.2) is 22.2 Å². The summed E-state index contributed by atoms with van der Waals surface area (Å²) >= 11 is 0. The molecule has 208 valence electrons. The molecular formula is C26H31F2N7O3S. The number of amides is 1. The van der Waals surface area contributed by atoms with Gasteiger partial charge in [0.1, 0.15) is 11.7 Å². The first kappa shape index (κ1) is 27.0. The Balaban J connectivity index is 0.000000237. The number of halogens is 2. The molecule has 1 amide bonds. The van der Waals surface area contributed by atoms with Crippen molar-refractivity contribution < 1.29 is 22.0 Å². The first-order chi connectivity index (χ1) is 18.4. The molecule has 3 fully saturated rings. The second-order valence-electron chi connectivity index (χ2n) is 10.4. The van der Waals surface area contributed by atoms with Gasteiger partial charge in [0.25, 0.3) is 5.92 Å². The highest BCUT2D eigenvalue weighted by molar-refractivity contribution is 7.90. The molecule has 0 unspecified atom stereocenters. The molecule has 2 aromatic heterocycles. The normalized spacial score (nSPS) is 23.2. The number of aromatic nitrogens is 4. The lowest BCUT2D eigenvalue weighted by Crippen LogP contribution is -2.56. The van der Waals surface area contributed by atoms with Crippen LogP contribution in [0.15, 0.2) is 53.8 Å². The van der Waals surface area contributed by atoms with Crippen LogP contribution in [0.25, 0.3) is 0 Å². The maximum absolute atomic E-state index is 13.4. The summed E-state index contributed by atoms with van der Waals surface area (Å²) in [6.45, 7) is 3.12. The van der Waals surface area contributed by atoms with E-state index in [0.717, 1.165) is 29.9 Å². The number of hydrogen-bond donors (Lipinski definition) is 1. The van der Waals surface area contributed by atoms with E-state index in [1.165, 1.54) is 6.26 Å². The molecule has 1 aliphatic carbocycles. The van der Waals surface area contributed by atoms with Crippen molar-refractivity contribution >= 4 is 33.2 Å². The fourth-order valence-electron chi connectivity index (χ4n) is 5.10. The van der Waals surface area contributed by atoms with Gasteiger partial charge in [-0.1, -0.05) is 17.7 Å². The number of sulfone groups is 1. The zero-order valence-corrected chi connectivity index (χ0v) is 22.8. The number of benzene rings is 1. The predicted octanol–water partition coefficient (Wildman–Crippen LogP) is 3.19. The van der Waals surface area contributed by atoms with Gasteiger partial charge >= 0.3 is 0 Å². The van der Waals surface area contributed by atoms with Crippen molar-refractivity contribution in [3.63, 3.8) is 0 Å². The highest BCUT2D eigenvalue weighted by Gasteiger charge is 2.64. The zero-order chi connectivity index (χ0) is 27.9. The van der Waals surface area contributed by atoms with E-state index in [4.69, 9.17) is 0 Å². The summed E-state index contributed by atoms with van der Waals surface area (Å²) < 4.78 is 50.3. The Bertz CT molecular complexity index is 1450. The number of fused-ring (bicyclic) bond motifs is 2. The van der Waals surface area contributed by atoms with Gasteiger partial charge < -0.3 is 15.1 Å². The van der Waals surface area contributed by atoms with Crippen molar-refractivity contribution in [1.29, 1.82) is 0 Å². The van der Waals surface area contributed by atoms with Crippen molar-refractivity contribution in [2.75, 3.05) is 29.6 Å². The van der Waals surface area contributed by atoms with E-state index >= 15 is 0 Å². The number of nitrogens with one attached hydrogen (secondary N) is 1. The quantitative estimate of drug-likeness (QED) is 0.507. The highest BCUT2D eigenvalue weighted by Crippen LogP contribution is 2.51. The fourth-order valence-corrected chi connectivity index (χ4v) is 5.73. The summed E-state index contributed by atoms with van der Waals surface area (Å²) in [6.07, 6.45) is 7.79. The van der Waals surface area contributed by atoms with E-state index in [2.05, 4.69) is 25.3 Å². The summed E-state index contributed by atoms with van der Waals surface area (Å²) in [5.41, 5.74) is 1.86. The molecule has 4 heterocycles. The molecule has 3 aliphatic rings. The van der Waals surface area contributed by atoms with Gasteiger partial charge in [-0.3, -0.25) is 9.48 Å². The number of rotatable bonds is 5. The minimum Gasteiger partial charge on any atom is -0.352 e. The first-order valence-corrected chi connectivity index (χ1v) is 14.6. The maximum Gasteiger partial charge on any atom is 0.260 e. The molecule has 1 saturated carbocycles. The van der Waals surface area contributed by atoms with Crippen LogP contribution in [-0.2, 0) is 21.7 Å². The Kier molecular flexibility index (Phi) is 7.04. The van der Waals surface area contributed by atoms with E-state index in [-0.39, 0.29) is 24.4 Å². The Hall–Kier alpha value is -3.61. The minimum atomic E-state index is -3.02. The standard InChI is InChI=1S/C18H21F2N7O.C8H10O2S/c1-25-8-11(7-22-25)23-17-21-5-4-15(24-17)26-9-12-2-3-13(10-26)27(12)16(28)14-6-18(14,19)20;1-7-3-5-8(6-4-7)11(2,9)10/h4-5,7-8,12-14H,2-3,6,9-10H2,1H3,(H,21,23,24);3-6H,1-2H3/t12-,13+,14-;/m0./s1. The average molecular weight is 560 g/mol. The van der Waals surface area contributed by atoms with Gasteiger partial charge in [-0.05, 0) is 38.0 Å². The molecule has 0 radical (unpaired) electrons. The van der Waals surface area contributed by atoms with Crippen LogP contribution >= 0.6 is 0 Å². The van der Waals surface area contributed by atoms with Crippen molar-refractivity contribution in [3.8, 4) is 0 Å². The van der Waals surface area contributed by atoms with Gasteiger partial charge in [-0.15, -0.1) is 0 Å². The Labute approximate surface area is 226 Å². The van der Waals surface area contributed by atoms with Gasteiger partial charge in [0.05, 0.1) is 16.8 Å². The van der Waals surface area contributed by atoms with Crippen LogP contribution in [0.1, 0.15) is 24.8 Å². The summed E-state index contributed by atoms with van der Waals surface area (Å²) in [5, 5.41) is 7.23. The SMILES string of the molecule is Cc1ccc(S(C)(=O)=O)cc1.Cn1cc(Nc2nccc(N3C[C@H]4CC[C@@H](C3)N4C(=O)[C@@H]3CC3(F)F)n2)cn1. The molecule has 2 saturated heterocycles. The number of aryl methyl sites for hydroxylation is 2. The molecule has 10 nitrogen and oxygen atoms in total. The molecule has 0 spiro atoms. The number of carbonyl (C=O) groups excluding carboxylic acids is 1. The van der Waals surface area contributed by atoms with Crippen LogP contribution in [0.2, 0.25) is 0 Å². The number of anilines is 3. The van der Waals surface area contributed by atoms with Crippen molar-refractivity contribution in [1.82, 2.24) is 24.6 Å². The number of hydrogen-bond acceptors (Lipinski definition) is 8. The van der Waals surface area contributed by atoms with Crippen molar-refractivity contribution in [3.05, 3.63) is 54.5 Å². The minimum absolute atomic E-state index is 0.0349. The van der Waals surface area contributed by atoms with Gasteiger partial charge in [-0.2, -0.15) is 10.1 Å². The van der Waals surface area contributed by atoms with Crippen LogP contribution in [0.3, 0.4) is 0 Å². The average Bonchev–Trinajstić information content (AvgIpc) is 3.18. The number of carbonyl (C=O) groups is 1. The molecule has 3 aromatic rings. The van der Waals surface area contributed by atoms with E-state index in [1.807, 2.05) is 26.2 Å². The number of alkyl halides is 2. The van der Waals surface area contributed by atoms with Gasteiger partial charge in [0.15, 0.2) is 9.84 Å². The largest absolute Gasteiger partial charge is 0.352 e.